The van der Waals surface area contributed by atoms with E-state index >= 15 is 0 Å². The van der Waals surface area contributed by atoms with Crippen LogP contribution in [0.3, 0.4) is 0 Å². The molecule has 1 saturated heterocycles. The number of amides is 1. The number of methoxy groups -OCH3 is 2. The van der Waals surface area contributed by atoms with E-state index in [1.54, 1.807) is 24.1 Å². The molecule has 0 aliphatic carbocycles. The van der Waals surface area contributed by atoms with Gasteiger partial charge in [0.15, 0.2) is 0 Å². The first-order valence-electron chi connectivity index (χ1n) is 11.0. The van der Waals surface area contributed by atoms with Crippen LogP contribution in [0.15, 0.2) is 72.8 Å². The predicted molar refractivity (Wildman–Crippen MR) is 125 cm³/mol. The molecular weight excluding hydrogens is 437 g/mol. The largest absolute Gasteiger partial charge is 0.497 e. The Hall–Kier alpha value is -3.87. The highest BCUT2D eigenvalue weighted by atomic mass is 19.1. The van der Waals surface area contributed by atoms with Crippen LogP contribution in [0.5, 0.6) is 11.5 Å². The molecule has 1 fully saturated rings. The van der Waals surface area contributed by atoms with Crippen molar-refractivity contribution in [3.8, 4) is 11.5 Å². The first-order valence-corrected chi connectivity index (χ1v) is 11.0. The van der Waals surface area contributed by atoms with E-state index in [0.29, 0.717) is 24.5 Å². The fourth-order valence-corrected chi connectivity index (χ4v) is 4.13. The molecule has 6 nitrogen and oxygen atoms in total. The highest BCUT2D eigenvalue weighted by Gasteiger charge is 2.48. The minimum absolute atomic E-state index is 0.0969. The molecule has 34 heavy (non-hydrogen) atoms. The van der Waals surface area contributed by atoms with Crippen molar-refractivity contribution < 1.29 is 28.2 Å². The molecule has 2 unspecified atom stereocenters. The topological polar surface area (TPSA) is 65.1 Å². The number of halogens is 1. The summed E-state index contributed by atoms with van der Waals surface area (Å²) < 4.78 is 29.2. The van der Waals surface area contributed by atoms with Crippen molar-refractivity contribution in [3.05, 3.63) is 89.7 Å². The summed E-state index contributed by atoms with van der Waals surface area (Å²) in [6.07, 6.45) is 0.535. The van der Waals surface area contributed by atoms with Crippen LogP contribution in [-0.4, -0.2) is 26.1 Å². The van der Waals surface area contributed by atoms with Crippen molar-refractivity contribution in [1.82, 2.24) is 0 Å². The Morgan fingerprint density at radius 1 is 0.912 bits per heavy atom. The average Bonchev–Trinajstić information content (AvgIpc) is 2.87. The maximum Gasteiger partial charge on any atom is 0.305 e. The molecule has 0 spiro atoms. The number of esters is 1. The van der Waals surface area contributed by atoms with Crippen LogP contribution < -0.4 is 14.4 Å². The van der Waals surface area contributed by atoms with Gasteiger partial charge in [-0.05, 0) is 66.1 Å². The second-order valence-electron chi connectivity index (χ2n) is 8.06. The fourth-order valence-electron chi connectivity index (χ4n) is 4.13. The van der Waals surface area contributed by atoms with Gasteiger partial charge in [-0.3, -0.25) is 9.59 Å². The van der Waals surface area contributed by atoms with Gasteiger partial charge < -0.3 is 19.1 Å². The van der Waals surface area contributed by atoms with Gasteiger partial charge in [-0.15, -0.1) is 0 Å². The van der Waals surface area contributed by atoms with Crippen molar-refractivity contribution in [2.45, 2.75) is 25.5 Å². The standard InChI is InChI=1S/C27H26FNO5/c1-32-22-11-3-18(4-12-22)17-34-23-13-5-19(6-14-23)26-24(15-16-25(30)33-2)27(31)29(26)21-9-7-20(28)8-10-21/h3-14,24,26H,15-17H2,1-2H3. The van der Waals surface area contributed by atoms with E-state index in [9.17, 15) is 14.0 Å². The summed E-state index contributed by atoms with van der Waals surface area (Å²) >= 11 is 0. The van der Waals surface area contributed by atoms with Crippen LogP contribution in [-0.2, 0) is 20.9 Å². The summed E-state index contributed by atoms with van der Waals surface area (Å²) in [7, 11) is 2.96. The van der Waals surface area contributed by atoms with Gasteiger partial charge in [-0.2, -0.15) is 0 Å². The summed E-state index contributed by atoms with van der Waals surface area (Å²) in [6, 6.07) is 20.8. The number of β-lactam (4-membered cyclic amide) rings is 1. The molecule has 1 heterocycles. The Morgan fingerprint density at radius 3 is 2.18 bits per heavy atom. The molecule has 1 aliphatic heterocycles. The van der Waals surface area contributed by atoms with Crippen LogP contribution in [0.2, 0.25) is 0 Å². The Morgan fingerprint density at radius 2 is 1.56 bits per heavy atom. The molecule has 0 saturated carbocycles. The highest BCUT2D eigenvalue weighted by Crippen LogP contribution is 2.45. The van der Waals surface area contributed by atoms with E-state index in [-0.39, 0.29) is 36.1 Å². The summed E-state index contributed by atoms with van der Waals surface area (Å²) in [5.41, 5.74) is 2.54. The number of ether oxygens (including phenoxy) is 3. The third-order valence-electron chi connectivity index (χ3n) is 5.99. The number of rotatable bonds is 9. The fraction of sp³-hybridized carbons (Fsp3) is 0.259. The minimum Gasteiger partial charge on any atom is -0.497 e. The number of hydrogen-bond donors (Lipinski definition) is 0. The zero-order chi connectivity index (χ0) is 24.1. The van der Waals surface area contributed by atoms with E-state index < -0.39 is 0 Å². The Balaban J connectivity index is 1.49. The minimum atomic E-state index is -0.367. The van der Waals surface area contributed by atoms with Gasteiger partial charge in [0.25, 0.3) is 0 Å². The lowest BCUT2D eigenvalue weighted by Crippen LogP contribution is -2.55. The third-order valence-corrected chi connectivity index (χ3v) is 5.99. The van der Waals surface area contributed by atoms with Crippen LogP contribution in [0, 0.1) is 11.7 Å². The van der Waals surface area contributed by atoms with Gasteiger partial charge in [0.05, 0.1) is 26.2 Å². The second-order valence-corrected chi connectivity index (χ2v) is 8.06. The van der Waals surface area contributed by atoms with E-state index in [4.69, 9.17) is 14.2 Å². The van der Waals surface area contributed by atoms with Crippen molar-refractivity contribution in [2.75, 3.05) is 19.1 Å². The quantitative estimate of drug-likeness (QED) is 0.327. The van der Waals surface area contributed by atoms with Gasteiger partial charge in [0.2, 0.25) is 5.91 Å². The molecule has 1 aliphatic rings. The van der Waals surface area contributed by atoms with E-state index in [1.165, 1.54) is 19.2 Å². The number of hydrogen-bond acceptors (Lipinski definition) is 5. The summed E-state index contributed by atoms with van der Waals surface area (Å²) in [5.74, 6) is 0.304. The van der Waals surface area contributed by atoms with Crippen LogP contribution >= 0.6 is 0 Å². The smallest absolute Gasteiger partial charge is 0.305 e. The van der Waals surface area contributed by atoms with Crippen LogP contribution in [0.4, 0.5) is 10.1 Å². The molecule has 0 radical (unpaired) electrons. The van der Waals surface area contributed by atoms with Gasteiger partial charge in [-0.1, -0.05) is 24.3 Å². The van der Waals surface area contributed by atoms with Crippen molar-refractivity contribution >= 4 is 17.6 Å². The molecule has 176 valence electrons. The molecule has 0 bridgehead atoms. The Labute approximate surface area is 197 Å². The molecule has 7 heteroatoms. The lowest BCUT2D eigenvalue weighted by Gasteiger charge is -2.47. The van der Waals surface area contributed by atoms with Crippen molar-refractivity contribution in [2.24, 2.45) is 5.92 Å². The van der Waals surface area contributed by atoms with Gasteiger partial charge in [-0.25, -0.2) is 4.39 Å². The monoisotopic (exact) mass is 463 g/mol. The number of benzene rings is 3. The summed E-state index contributed by atoms with van der Waals surface area (Å²) in [5, 5.41) is 0. The normalized spacial score (nSPS) is 17.1. The SMILES string of the molecule is COC(=O)CCC1C(=O)N(c2ccc(F)cc2)C1c1ccc(OCc2ccc(OC)cc2)cc1. The maximum absolute atomic E-state index is 13.4. The van der Waals surface area contributed by atoms with E-state index in [1.807, 2.05) is 48.5 Å². The third kappa shape index (κ3) is 5.03. The lowest BCUT2D eigenvalue weighted by molar-refractivity contribution is -0.141. The Kier molecular flexibility index (Phi) is 7.11. The summed E-state index contributed by atoms with van der Waals surface area (Å²) in [4.78, 5) is 26.2. The van der Waals surface area contributed by atoms with Gasteiger partial charge in [0, 0.05) is 12.1 Å². The predicted octanol–water partition coefficient (Wildman–Crippen LogP) is 5.07. The van der Waals surface area contributed by atoms with Crippen LogP contribution in [0.1, 0.15) is 30.0 Å². The zero-order valence-corrected chi connectivity index (χ0v) is 19.1. The Bertz CT molecular complexity index is 1130. The zero-order valence-electron chi connectivity index (χ0n) is 19.1. The van der Waals surface area contributed by atoms with Crippen molar-refractivity contribution in [1.29, 1.82) is 0 Å². The van der Waals surface area contributed by atoms with E-state index in [0.717, 1.165) is 16.9 Å². The molecular formula is C27H26FNO5. The molecule has 0 N–H and O–H groups in total. The summed E-state index contributed by atoms with van der Waals surface area (Å²) in [6.45, 7) is 0.411. The molecule has 0 aromatic heterocycles. The van der Waals surface area contributed by atoms with Crippen LogP contribution in [0.25, 0.3) is 0 Å². The van der Waals surface area contributed by atoms with Gasteiger partial charge >= 0.3 is 5.97 Å². The average molecular weight is 464 g/mol. The number of carbonyl (C=O) groups excluding carboxylic acids is 2. The molecule has 2 atom stereocenters. The van der Waals surface area contributed by atoms with E-state index in [2.05, 4.69) is 0 Å². The maximum atomic E-state index is 13.4. The number of carbonyl (C=O) groups is 2. The first-order chi connectivity index (χ1) is 16.5. The second kappa shape index (κ2) is 10.4. The number of anilines is 1. The molecule has 4 rings (SSSR count). The molecule has 1 amide bonds. The highest BCUT2D eigenvalue weighted by molar-refractivity contribution is 6.03. The molecule has 3 aromatic carbocycles. The number of nitrogens with zero attached hydrogens (tertiary/aromatic N) is 1. The first kappa shape index (κ1) is 23.3. The lowest BCUT2D eigenvalue weighted by atomic mass is 9.79. The van der Waals surface area contributed by atoms with Gasteiger partial charge in [0.1, 0.15) is 23.9 Å². The van der Waals surface area contributed by atoms with Crippen molar-refractivity contribution in [3.63, 3.8) is 0 Å². The molecule has 3 aromatic rings.